The minimum atomic E-state index is -0.184. The second-order valence-electron chi connectivity index (χ2n) is 5.39. The van der Waals surface area contributed by atoms with E-state index in [0.717, 1.165) is 25.9 Å². The highest BCUT2D eigenvalue weighted by Crippen LogP contribution is 2.13. The molecule has 0 aromatic rings. The van der Waals surface area contributed by atoms with Crippen molar-refractivity contribution in [2.45, 2.75) is 52.2 Å². The molecule has 1 rings (SSSR count). The quantitative estimate of drug-likeness (QED) is 0.739. The van der Waals surface area contributed by atoms with Gasteiger partial charge in [-0.1, -0.05) is 0 Å². The number of carbonyl (C=O) groups is 1. The van der Waals surface area contributed by atoms with Gasteiger partial charge in [0.15, 0.2) is 0 Å². The Balaban J connectivity index is 2.36. The van der Waals surface area contributed by atoms with Crippen LogP contribution in [0.25, 0.3) is 0 Å². The lowest BCUT2D eigenvalue weighted by molar-refractivity contribution is -0.0302. The molecule has 1 heterocycles. The molecule has 100 valence electrons. The number of hydrogen-bond donors (Lipinski definition) is 2. The van der Waals surface area contributed by atoms with Gasteiger partial charge in [-0.25, -0.2) is 10.3 Å². The van der Waals surface area contributed by atoms with E-state index in [1.807, 2.05) is 27.7 Å². The average Bonchev–Trinajstić information content (AvgIpc) is 2.27. The van der Waals surface area contributed by atoms with Crippen molar-refractivity contribution in [1.29, 1.82) is 0 Å². The van der Waals surface area contributed by atoms with Crippen LogP contribution in [-0.4, -0.2) is 42.2 Å². The van der Waals surface area contributed by atoms with Gasteiger partial charge in [0, 0.05) is 12.1 Å². The predicted molar refractivity (Wildman–Crippen MR) is 67.6 cm³/mol. The van der Waals surface area contributed by atoms with E-state index in [0.29, 0.717) is 6.54 Å². The second-order valence-corrected chi connectivity index (χ2v) is 5.39. The smallest absolute Gasteiger partial charge is 0.318 e. The Kier molecular flexibility index (Phi) is 5.21. The first kappa shape index (κ1) is 14.3. The molecule has 0 aliphatic carbocycles. The Bertz CT molecular complexity index is 245. The van der Waals surface area contributed by atoms with Crippen LogP contribution in [0.4, 0.5) is 4.79 Å². The van der Waals surface area contributed by atoms with E-state index in [-0.39, 0.29) is 17.7 Å². The number of hydrogen-bond acceptors (Lipinski definition) is 3. The zero-order valence-corrected chi connectivity index (χ0v) is 11.4. The lowest BCUT2D eigenvalue weighted by atomic mass is 10.1. The van der Waals surface area contributed by atoms with E-state index in [2.05, 4.69) is 10.8 Å². The Morgan fingerprint density at radius 3 is 2.47 bits per heavy atom. The Hall–Kier alpha value is -0.810. The number of carbonyl (C=O) groups excluding carboxylic acids is 1. The first-order valence-corrected chi connectivity index (χ1v) is 6.39. The molecular weight excluding hydrogens is 218 g/mol. The van der Waals surface area contributed by atoms with Gasteiger partial charge in [-0.2, -0.15) is 0 Å². The fourth-order valence-electron chi connectivity index (χ4n) is 2.02. The minimum absolute atomic E-state index is 0.138. The molecule has 0 saturated carbocycles. The summed E-state index contributed by atoms with van der Waals surface area (Å²) in [5.41, 5.74) is 2.38. The number of nitrogens with zero attached hydrogens (tertiary/aromatic N) is 1. The van der Waals surface area contributed by atoms with Gasteiger partial charge in [-0.3, -0.25) is 4.84 Å². The fourth-order valence-corrected chi connectivity index (χ4v) is 2.02. The van der Waals surface area contributed by atoms with Crippen LogP contribution in [0.3, 0.4) is 0 Å². The normalized spacial score (nSPS) is 17.9. The maximum absolute atomic E-state index is 11.9. The van der Waals surface area contributed by atoms with Crippen molar-refractivity contribution >= 4 is 6.03 Å². The van der Waals surface area contributed by atoms with Gasteiger partial charge in [0.1, 0.15) is 0 Å². The first-order chi connectivity index (χ1) is 7.95. The highest BCUT2D eigenvalue weighted by Gasteiger charge is 2.25. The molecule has 2 amide bonds. The molecule has 0 aromatic heterocycles. The summed E-state index contributed by atoms with van der Waals surface area (Å²) in [5.74, 6) is 0. The zero-order valence-electron chi connectivity index (χ0n) is 11.4. The predicted octanol–water partition coefficient (Wildman–Crippen LogP) is 1.50. The van der Waals surface area contributed by atoms with Gasteiger partial charge >= 0.3 is 6.03 Å². The molecule has 0 aromatic carbocycles. The third-order valence-electron chi connectivity index (χ3n) is 2.97. The fraction of sp³-hybridized carbons (Fsp3) is 0.917. The van der Waals surface area contributed by atoms with Gasteiger partial charge in [-0.05, 0) is 53.6 Å². The number of nitrogens with one attached hydrogen (secondary N) is 2. The lowest BCUT2D eigenvalue weighted by Crippen LogP contribution is -2.51. The molecule has 5 nitrogen and oxygen atoms in total. The number of amides is 2. The van der Waals surface area contributed by atoms with Crippen LogP contribution in [0.1, 0.15) is 40.5 Å². The topological polar surface area (TPSA) is 53.6 Å². The Morgan fingerprint density at radius 1 is 1.41 bits per heavy atom. The molecule has 1 fully saturated rings. The van der Waals surface area contributed by atoms with Crippen LogP contribution in [-0.2, 0) is 4.84 Å². The van der Waals surface area contributed by atoms with Gasteiger partial charge in [0.05, 0.1) is 6.10 Å². The number of piperidine rings is 1. The van der Waals surface area contributed by atoms with Crippen LogP contribution < -0.4 is 10.8 Å². The molecule has 1 saturated heterocycles. The molecule has 0 radical (unpaired) electrons. The summed E-state index contributed by atoms with van der Waals surface area (Å²) < 4.78 is 0. The van der Waals surface area contributed by atoms with Crippen molar-refractivity contribution in [3.63, 3.8) is 0 Å². The highest BCUT2D eigenvalue weighted by molar-refractivity contribution is 5.73. The lowest BCUT2D eigenvalue weighted by Gasteiger charge is -2.35. The summed E-state index contributed by atoms with van der Waals surface area (Å²) in [6.07, 6.45) is 2.03. The second kappa shape index (κ2) is 6.21. The summed E-state index contributed by atoms with van der Waals surface area (Å²) in [7, 11) is 0. The van der Waals surface area contributed by atoms with Crippen molar-refractivity contribution in [3.05, 3.63) is 0 Å². The maximum atomic E-state index is 11.9. The summed E-state index contributed by atoms with van der Waals surface area (Å²) >= 11 is 0. The standard InChI is InChI=1S/C12H25N3O2/c1-5-15(12(2,3)4)11(16)14-17-10-6-8-13-9-7-10/h10,13H,5-9H2,1-4H3,(H,14,16). The molecule has 5 heteroatoms. The van der Waals surface area contributed by atoms with E-state index in [1.54, 1.807) is 4.90 Å². The van der Waals surface area contributed by atoms with Crippen molar-refractivity contribution in [1.82, 2.24) is 15.7 Å². The molecule has 17 heavy (non-hydrogen) atoms. The molecule has 0 bridgehead atoms. The molecule has 0 unspecified atom stereocenters. The summed E-state index contributed by atoms with van der Waals surface area (Å²) in [6, 6.07) is -0.154. The van der Waals surface area contributed by atoms with Crippen LogP contribution in [0.15, 0.2) is 0 Å². The van der Waals surface area contributed by atoms with E-state index in [9.17, 15) is 4.79 Å². The first-order valence-electron chi connectivity index (χ1n) is 6.39. The Morgan fingerprint density at radius 2 is 2.00 bits per heavy atom. The van der Waals surface area contributed by atoms with Crippen LogP contribution in [0.2, 0.25) is 0 Å². The van der Waals surface area contributed by atoms with Gasteiger partial charge < -0.3 is 10.2 Å². The SMILES string of the molecule is CCN(C(=O)NOC1CCNCC1)C(C)(C)C. The monoisotopic (exact) mass is 243 g/mol. The summed E-state index contributed by atoms with van der Waals surface area (Å²) in [6.45, 7) is 10.6. The van der Waals surface area contributed by atoms with E-state index in [1.165, 1.54) is 0 Å². The van der Waals surface area contributed by atoms with E-state index >= 15 is 0 Å². The molecular formula is C12H25N3O2. The Labute approximate surface area is 104 Å². The van der Waals surface area contributed by atoms with Gasteiger partial charge in [0.2, 0.25) is 0 Å². The molecule has 1 aliphatic heterocycles. The third kappa shape index (κ3) is 4.52. The van der Waals surface area contributed by atoms with Crippen LogP contribution >= 0.6 is 0 Å². The van der Waals surface area contributed by atoms with Crippen LogP contribution in [0, 0.1) is 0 Å². The third-order valence-corrected chi connectivity index (χ3v) is 2.97. The average molecular weight is 243 g/mol. The molecule has 0 spiro atoms. The van der Waals surface area contributed by atoms with Crippen molar-refractivity contribution in [2.75, 3.05) is 19.6 Å². The molecule has 2 N–H and O–H groups in total. The van der Waals surface area contributed by atoms with Crippen molar-refractivity contribution in [3.8, 4) is 0 Å². The highest BCUT2D eigenvalue weighted by atomic mass is 16.7. The van der Waals surface area contributed by atoms with E-state index in [4.69, 9.17) is 4.84 Å². The summed E-state index contributed by atoms with van der Waals surface area (Å²) in [5, 5.41) is 3.26. The summed E-state index contributed by atoms with van der Waals surface area (Å²) in [4.78, 5) is 19.1. The van der Waals surface area contributed by atoms with Gasteiger partial charge in [-0.15, -0.1) is 0 Å². The van der Waals surface area contributed by atoms with Gasteiger partial charge in [0.25, 0.3) is 0 Å². The van der Waals surface area contributed by atoms with Crippen LogP contribution in [0.5, 0.6) is 0 Å². The molecule has 0 atom stereocenters. The van der Waals surface area contributed by atoms with Crippen molar-refractivity contribution < 1.29 is 9.63 Å². The molecule has 1 aliphatic rings. The van der Waals surface area contributed by atoms with E-state index < -0.39 is 0 Å². The van der Waals surface area contributed by atoms with Crippen molar-refractivity contribution in [2.24, 2.45) is 0 Å². The maximum Gasteiger partial charge on any atom is 0.341 e. The number of urea groups is 1. The number of rotatable bonds is 3. The minimum Gasteiger partial charge on any atom is -0.318 e. The number of hydroxylamine groups is 1. The zero-order chi connectivity index (χ0) is 12.9. The largest absolute Gasteiger partial charge is 0.341 e.